The molecule has 13 heteroatoms. The first-order chi connectivity index (χ1) is 13.4. The van der Waals surface area contributed by atoms with Crippen LogP contribution in [0.2, 0.25) is 0 Å². The van der Waals surface area contributed by atoms with Gasteiger partial charge in [0.05, 0.1) is 12.6 Å². The summed E-state index contributed by atoms with van der Waals surface area (Å²) in [5.74, 6) is -1.60. The van der Waals surface area contributed by atoms with Crippen LogP contribution in [0.3, 0.4) is 0 Å². The van der Waals surface area contributed by atoms with E-state index >= 15 is 0 Å². The van der Waals surface area contributed by atoms with Crippen molar-refractivity contribution >= 4 is 48.9 Å². The molecule has 0 saturated heterocycles. The molecule has 0 aliphatic heterocycles. The standard InChI is InChI=1S/C11H22N2O4S.C5H10N2O3S/c1-11(2,7-14)9(16)10(17)13-4-3-8(15)12-5-6-18;6-3(2-11)5(10)7-1-4(8)9/h9,14,16,18H,3-7H2,1-2H3,(H,12,15)(H,13,17);3,11H,1-2,6H2,(H,7,10)(H,8,9). The highest BCUT2D eigenvalue weighted by Crippen LogP contribution is 2.19. The topological polar surface area (TPSA) is 191 Å². The zero-order valence-corrected chi connectivity index (χ0v) is 18.3. The molecule has 0 rings (SSSR count). The molecule has 3 amide bonds. The minimum Gasteiger partial charge on any atom is -0.480 e. The van der Waals surface area contributed by atoms with Crippen molar-refractivity contribution in [3.63, 3.8) is 0 Å². The van der Waals surface area contributed by atoms with Gasteiger partial charge in [0.15, 0.2) is 0 Å². The van der Waals surface area contributed by atoms with Crippen LogP contribution in [0.15, 0.2) is 0 Å². The molecule has 0 aromatic heterocycles. The second-order valence-corrected chi connectivity index (χ2v) is 7.38. The molecule has 0 spiro atoms. The van der Waals surface area contributed by atoms with Crippen LogP contribution in [0.5, 0.6) is 0 Å². The predicted molar refractivity (Wildman–Crippen MR) is 114 cm³/mol. The van der Waals surface area contributed by atoms with Gasteiger partial charge in [-0.2, -0.15) is 25.3 Å². The lowest BCUT2D eigenvalue weighted by molar-refractivity contribution is -0.138. The third-order valence-corrected chi connectivity index (χ3v) is 4.05. The Morgan fingerprint density at radius 3 is 2.07 bits per heavy atom. The third-order valence-electron chi connectivity index (χ3n) is 3.43. The number of carboxylic acids is 1. The number of hydrogen-bond donors (Lipinski definition) is 9. The van der Waals surface area contributed by atoms with Crippen LogP contribution in [-0.2, 0) is 19.2 Å². The monoisotopic (exact) mass is 456 g/mol. The van der Waals surface area contributed by atoms with E-state index in [1.54, 1.807) is 13.8 Å². The van der Waals surface area contributed by atoms with Crippen LogP contribution in [0.1, 0.15) is 20.3 Å². The molecule has 29 heavy (non-hydrogen) atoms. The normalized spacial score (nSPS) is 12.7. The first kappa shape index (κ1) is 29.7. The van der Waals surface area contributed by atoms with E-state index in [2.05, 4.69) is 41.2 Å². The molecule has 0 aliphatic rings. The van der Waals surface area contributed by atoms with E-state index in [0.29, 0.717) is 12.3 Å². The van der Waals surface area contributed by atoms with Crippen LogP contribution in [0.4, 0.5) is 0 Å². The first-order valence-electron chi connectivity index (χ1n) is 8.73. The van der Waals surface area contributed by atoms with E-state index in [0.717, 1.165) is 0 Å². The zero-order chi connectivity index (χ0) is 23.0. The minimum atomic E-state index is -1.30. The van der Waals surface area contributed by atoms with Crippen LogP contribution < -0.4 is 21.7 Å². The van der Waals surface area contributed by atoms with Crippen molar-refractivity contribution in [2.24, 2.45) is 11.1 Å². The van der Waals surface area contributed by atoms with E-state index in [4.69, 9.17) is 15.9 Å². The van der Waals surface area contributed by atoms with Gasteiger partial charge in [0.1, 0.15) is 12.6 Å². The van der Waals surface area contributed by atoms with Crippen molar-refractivity contribution in [2.75, 3.05) is 37.7 Å². The lowest BCUT2D eigenvalue weighted by Gasteiger charge is -2.27. The highest BCUT2D eigenvalue weighted by atomic mass is 32.1. The Morgan fingerprint density at radius 1 is 1.03 bits per heavy atom. The van der Waals surface area contributed by atoms with E-state index in [1.165, 1.54) is 0 Å². The summed E-state index contributed by atoms with van der Waals surface area (Å²) in [6, 6.07) is -0.738. The third kappa shape index (κ3) is 15.0. The molecular formula is C16H32N4O7S2. The largest absolute Gasteiger partial charge is 0.480 e. The Morgan fingerprint density at radius 2 is 1.62 bits per heavy atom. The molecule has 0 aromatic carbocycles. The Labute approximate surface area is 181 Å². The number of aliphatic hydroxyl groups is 2. The summed E-state index contributed by atoms with van der Waals surface area (Å²) in [6.45, 7) is 3.09. The maximum Gasteiger partial charge on any atom is 0.322 e. The zero-order valence-electron chi connectivity index (χ0n) is 16.6. The van der Waals surface area contributed by atoms with E-state index in [1.807, 2.05) is 0 Å². The molecule has 0 radical (unpaired) electrons. The minimum absolute atomic E-state index is 0.145. The van der Waals surface area contributed by atoms with E-state index < -0.39 is 41.9 Å². The van der Waals surface area contributed by atoms with Crippen molar-refractivity contribution < 1.29 is 34.5 Å². The van der Waals surface area contributed by atoms with Crippen molar-refractivity contribution in [3.8, 4) is 0 Å². The second-order valence-electron chi connectivity index (χ2n) is 6.56. The first-order valence-corrected chi connectivity index (χ1v) is 9.99. The van der Waals surface area contributed by atoms with Crippen LogP contribution in [0, 0.1) is 5.41 Å². The van der Waals surface area contributed by atoms with Crippen molar-refractivity contribution in [1.82, 2.24) is 16.0 Å². The van der Waals surface area contributed by atoms with Gasteiger partial charge in [-0.1, -0.05) is 13.8 Å². The molecule has 2 unspecified atom stereocenters. The Balaban J connectivity index is 0. The van der Waals surface area contributed by atoms with Crippen LogP contribution >= 0.6 is 25.3 Å². The number of nitrogens with two attached hydrogens (primary N) is 1. The summed E-state index contributed by atoms with van der Waals surface area (Å²) < 4.78 is 0. The van der Waals surface area contributed by atoms with Gasteiger partial charge >= 0.3 is 5.97 Å². The van der Waals surface area contributed by atoms with Crippen molar-refractivity contribution in [3.05, 3.63) is 0 Å². The molecule has 2 atom stereocenters. The van der Waals surface area contributed by atoms with Gasteiger partial charge in [-0.05, 0) is 0 Å². The molecule has 8 N–H and O–H groups in total. The summed E-state index contributed by atoms with van der Waals surface area (Å²) in [4.78, 5) is 43.4. The van der Waals surface area contributed by atoms with E-state index in [-0.39, 0.29) is 31.2 Å². The molecule has 0 bridgehead atoms. The van der Waals surface area contributed by atoms with Crippen LogP contribution in [-0.4, -0.2) is 88.9 Å². The summed E-state index contributed by atoms with van der Waals surface area (Å²) >= 11 is 7.71. The van der Waals surface area contributed by atoms with Gasteiger partial charge in [0.25, 0.3) is 0 Å². The molecule has 0 heterocycles. The maximum absolute atomic E-state index is 11.5. The van der Waals surface area contributed by atoms with E-state index in [9.17, 15) is 24.3 Å². The fraction of sp³-hybridized carbons (Fsp3) is 0.750. The van der Waals surface area contributed by atoms with Gasteiger partial charge in [-0.25, -0.2) is 0 Å². The average molecular weight is 457 g/mol. The molecule has 0 aromatic rings. The smallest absolute Gasteiger partial charge is 0.322 e. The lowest BCUT2D eigenvalue weighted by atomic mass is 9.87. The van der Waals surface area contributed by atoms with Gasteiger partial charge in [0, 0.05) is 36.4 Å². The average Bonchev–Trinajstić information content (AvgIpc) is 2.69. The Bertz CT molecular complexity index is 535. The molecule has 0 fully saturated rings. The number of carboxylic acid groups (broad SMARTS) is 1. The van der Waals surface area contributed by atoms with Gasteiger partial charge < -0.3 is 37.0 Å². The molecule has 11 nitrogen and oxygen atoms in total. The highest BCUT2D eigenvalue weighted by molar-refractivity contribution is 7.80. The molecule has 0 aliphatic carbocycles. The molecular weight excluding hydrogens is 424 g/mol. The summed E-state index contributed by atoms with van der Waals surface area (Å²) in [6.07, 6.45) is -1.16. The van der Waals surface area contributed by atoms with Crippen molar-refractivity contribution in [2.45, 2.75) is 32.4 Å². The SMILES string of the molecule is CC(C)(CO)C(O)C(=O)NCCC(=O)NCCS.NC(CS)C(=O)NCC(=O)O. The molecule has 170 valence electrons. The van der Waals surface area contributed by atoms with Gasteiger partial charge in [-0.3, -0.25) is 19.2 Å². The number of thiol groups is 2. The number of amides is 3. The number of aliphatic hydroxyl groups excluding tert-OH is 2. The second kappa shape index (κ2) is 16.3. The number of carbonyl (C=O) groups excluding carboxylic acids is 3. The number of aliphatic carboxylic acids is 1. The number of carbonyl (C=O) groups is 4. The number of hydrogen-bond acceptors (Lipinski definition) is 9. The number of nitrogens with one attached hydrogen (secondary N) is 3. The number of rotatable bonds is 12. The Hall–Kier alpha value is -1.54. The fourth-order valence-corrected chi connectivity index (χ4v) is 1.78. The van der Waals surface area contributed by atoms with Gasteiger partial charge in [-0.15, -0.1) is 0 Å². The lowest BCUT2D eigenvalue weighted by Crippen LogP contribution is -2.46. The predicted octanol–water partition coefficient (Wildman–Crippen LogP) is -2.64. The quantitative estimate of drug-likeness (QED) is 0.142. The summed E-state index contributed by atoms with van der Waals surface area (Å²) in [5, 5.41) is 34.0. The fourth-order valence-electron chi connectivity index (χ4n) is 1.50. The van der Waals surface area contributed by atoms with Gasteiger partial charge in [0.2, 0.25) is 17.7 Å². The van der Waals surface area contributed by atoms with Crippen LogP contribution in [0.25, 0.3) is 0 Å². The summed E-state index contributed by atoms with van der Waals surface area (Å²) in [7, 11) is 0. The Kier molecular flexibility index (Phi) is 16.6. The highest BCUT2D eigenvalue weighted by Gasteiger charge is 2.32. The van der Waals surface area contributed by atoms with Crippen molar-refractivity contribution in [1.29, 1.82) is 0 Å². The summed E-state index contributed by atoms with van der Waals surface area (Å²) in [5.41, 5.74) is 4.32. The maximum atomic E-state index is 11.5. The molecule has 0 saturated carbocycles.